The number of hydrogen-bond acceptors (Lipinski definition) is 3. The lowest BCUT2D eigenvalue weighted by Gasteiger charge is -2.19. The molecule has 1 aliphatic rings. The average molecular weight is 246 g/mol. The van der Waals surface area contributed by atoms with Crippen molar-refractivity contribution >= 4 is 33.4 Å². The van der Waals surface area contributed by atoms with Gasteiger partial charge in [0.1, 0.15) is 5.54 Å². The predicted octanol–water partition coefficient (Wildman–Crippen LogP) is 1.96. The number of carbonyl (C=O) groups excluding carboxylic acids is 2. The van der Waals surface area contributed by atoms with Gasteiger partial charge in [-0.2, -0.15) is 0 Å². The van der Waals surface area contributed by atoms with Gasteiger partial charge in [0, 0.05) is 10.3 Å². The maximum atomic E-state index is 11.9. The molecule has 4 nitrogen and oxygen atoms in total. The molecule has 3 rings (SSSR count). The Hall–Kier alpha value is -1.88. The summed E-state index contributed by atoms with van der Waals surface area (Å²) >= 11 is 1.57. The fourth-order valence-corrected chi connectivity index (χ4v) is 3.17. The van der Waals surface area contributed by atoms with Crippen LogP contribution in [0.4, 0.5) is 4.79 Å². The third-order valence-electron chi connectivity index (χ3n) is 3.06. The van der Waals surface area contributed by atoms with Gasteiger partial charge in [0.05, 0.1) is 0 Å². The number of carbonyl (C=O) groups is 2. The second kappa shape index (κ2) is 3.30. The molecule has 5 heteroatoms. The van der Waals surface area contributed by atoms with Crippen LogP contribution >= 0.6 is 11.3 Å². The van der Waals surface area contributed by atoms with Gasteiger partial charge in [0.25, 0.3) is 5.91 Å². The van der Waals surface area contributed by atoms with Crippen molar-refractivity contribution in [1.82, 2.24) is 10.6 Å². The minimum absolute atomic E-state index is 0.300. The average Bonchev–Trinajstić information content (AvgIpc) is 2.81. The summed E-state index contributed by atoms with van der Waals surface area (Å²) in [5, 5.41) is 7.90. The van der Waals surface area contributed by atoms with Crippen molar-refractivity contribution in [3.05, 3.63) is 35.2 Å². The Morgan fingerprint density at radius 2 is 2.00 bits per heavy atom. The fourth-order valence-electron chi connectivity index (χ4n) is 2.10. The summed E-state index contributed by atoms with van der Waals surface area (Å²) in [5.41, 5.74) is -0.113. The molecule has 2 heterocycles. The summed E-state index contributed by atoms with van der Waals surface area (Å²) in [7, 11) is 0. The topological polar surface area (TPSA) is 58.2 Å². The van der Waals surface area contributed by atoms with Crippen LogP contribution in [-0.4, -0.2) is 11.9 Å². The number of imide groups is 1. The molecule has 1 aliphatic heterocycles. The van der Waals surface area contributed by atoms with Crippen molar-refractivity contribution in [2.75, 3.05) is 0 Å². The van der Waals surface area contributed by atoms with Gasteiger partial charge in [-0.05, 0) is 23.8 Å². The molecule has 3 amide bonds. The Balaban J connectivity index is 2.22. The Kier molecular flexibility index (Phi) is 2.00. The van der Waals surface area contributed by atoms with Crippen molar-refractivity contribution in [2.45, 2.75) is 12.5 Å². The third kappa shape index (κ3) is 1.36. The van der Waals surface area contributed by atoms with Gasteiger partial charge in [-0.25, -0.2) is 4.79 Å². The zero-order valence-corrected chi connectivity index (χ0v) is 9.93. The SMILES string of the molecule is CC1(c2csc3ccccc23)NC(=O)NC1=O. The number of rotatable bonds is 1. The van der Waals surface area contributed by atoms with Crippen LogP contribution in [0.25, 0.3) is 10.1 Å². The minimum atomic E-state index is -0.962. The van der Waals surface area contributed by atoms with Crippen molar-refractivity contribution in [3.8, 4) is 0 Å². The van der Waals surface area contributed by atoms with Crippen LogP contribution in [0.15, 0.2) is 29.6 Å². The maximum absolute atomic E-state index is 11.9. The number of urea groups is 1. The molecule has 0 spiro atoms. The standard InChI is InChI=1S/C12H10N2O2S/c1-12(10(15)13-11(16)14-12)8-6-17-9-5-3-2-4-7(8)9/h2-6H,1H3,(H2,13,14,15,16). The molecule has 1 aromatic carbocycles. The summed E-state index contributed by atoms with van der Waals surface area (Å²) in [6.07, 6.45) is 0. The molecule has 0 bridgehead atoms. The van der Waals surface area contributed by atoms with E-state index in [4.69, 9.17) is 0 Å². The van der Waals surface area contributed by atoms with Gasteiger partial charge in [0.15, 0.2) is 0 Å². The minimum Gasteiger partial charge on any atom is -0.320 e. The Morgan fingerprint density at radius 3 is 2.71 bits per heavy atom. The lowest BCUT2D eigenvalue weighted by atomic mass is 9.92. The number of benzene rings is 1. The second-order valence-electron chi connectivity index (χ2n) is 4.18. The molecular weight excluding hydrogens is 236 g/mol. The highest BCUT2D eigenvalue weighted by Gasteiger charge is 2.44. The van der Waals surface area contributed by atoms with Gasteiger partial charge in [-0.3, -0.25) is 10.1 Å². The molecule has 1 fully saturated rings. The van der Waals surface area contributed by atoms with E-state index in [1.165, 1.54) is 0 Å². The number of fused-ring (bicyclic) bond motifs is 1. The summed E-state index contributed by atoms with van der Waals surface area (Å²) in [5.74, 6) is -0.300. The van der Waals surface area contributed by atoms with Gasteiger partial charge in [-0.1, -0.05) is 18.2 Å². The lowest BCUT2D eigenvalue weighted by molar-refractivity contribution is -0.123. The van der Waals surface area contributed by atoms with E-state index in [9.17, 15) is 9.59 Å². The van der Waals surface area contributed by atoms with Crippen molar-refractivity contribution < 1.29 is 9.59 Å². The van der Waals surface area contributed by atoms with Gasteiger partial charge >= 0.3 is 6.03 Å². The summed E-state index contributed by atoms with van der Waals surface area (Å²) in [6, 6.07) is 7.41. The molecule has 1 aromatic heterocycles. The van der Waals surface area contributed by atoms with Gasteiger partial charge in [-0.15, -0.1) is 11.3 Å². The van der Waals surface area contributed by atoms with E-state index in [1.54, 1.807) is 18.3 Å². The maximum Gasteiger partial charge on any atom is 0.322 e. The molecule has 2 aromatic rings. The number of nitrogens with one attached hydrogen (secondary N) is 2. The van der Waals surface area contributed by atoms with E-state index in [0.717, 1.165) is 15.6 Å². The number of thiophene rings is 1. The molecule has 0 saturated carbocycles. The summed E-state index contributed by atoms with van der Waals surface area (Å²) in [6.45, 7) is 1.72. The molecule has 17 heavy (non-hydrogen) atoms. The number of hydrogen-bond donors (Lipinski definition) is 2. The van der Waals surface area contributed by atoms with E-state index < -0.39 is 11.6 Å². The Morgan fingerprint density at radius 1 is 1.24 bits per heavy atom. The van der Waals surface area contributed by atoms with E-state index in [1.807, 2.05) is 29.6 Å². The molecule has 1 unspecified atom stereocenters. The summed E-state index contributed by atoms with van der Waals surface area (Å²) in [4.78, 5) is 23.1. The predicted molar refractivity (Wildman–Crippen MR) is 65.9 cm³/mol. The van der Waals surface area contributed by atoms with Crippen LogP contribution < -0.4 is 10.6 Å². The zero-order chi connectivity index (χ0) is 12.0. The first-order valence-electron chi connectivity index (χ1n) is 5.21. The monoisotopic (exact) mass is 246 g/mol. The second-order valence-corrected chi connectivity index (χ2v) is 5.09. The highest BCUT2D eigenvalue weighted by Crippen LogP contribution is 2.34. The van der Waals surface area contributed by atoms with Crippen LogP contribution in [0.5, 0.6) is 0 Å². The van der Waals surface area contributed by atoms with E-state index in [-0.39, 0.29) is 5.91 Å². The molecule has 1 saturated heterocycles. The smallest absolute Gasteiger partial charge is 0.320 e. The van der Waals surface area contributed by atoms with Crippen LogP contribution in [0.1, 0.15) is 12.5 Å². The van der Waals surface area contributed by atoms with E-state index >= 15 is 0 Å². The highest BCUT2D eigenvalue weighted by atomic mass is 32.1. The molecule has 1 atom stereocenters. The highest BCUT2D eigenvalue weighted by molar-refractivity contribution is 7.17. The number of amides is 3. The molecule has 86 valence electrons. The lowest BCUT2D eigenvalue weighted by Crippen LogP contribution is -2.40. The Bertz CT molecular complexity index is 634. The van der Waals surface area contributed by atoms with Crippen LogP contribution in [0.3, 0.4) is 0 Å². The third-order valence-corrected chi connectivity index (χ3v) is 4.03. The van der Waals surface area contributed by atoms with Crippen molar-refractivity contribution in [2.24, 2.45) is 0 Å². The molecule has 0 aliphatic carbocycles. The van der Waals surface area contributed by atoms with Gasteiger partial charge < -0.3 is 5.32 Å². The zero-order valence-electron chi connectivity index (χ0n) is 9.11. The Labute approximate surface area is 102 Å². The van der Waals surface area contributed by atoms with Gasteiger partial charge in [0.2, 0.25) is 0 Å². The first-order valence-corrected chi connectivity index (χ1v) is 6.09. The van der Waals surface area contributed by atoms with E-state index in [0.29, 0.717) is 0 Å². The quantitative estimate of drug-likeness (QED) is 0.756. The fraction of sp³-hybridized carbons (Fsp3) is 0.167. The van der Waals surface area contributed by atoms with E-state index in [2.05, 4.69) is 10.6 Å². The molecule has 0 radical (unpaired) electrons. The van der Waals surface area contributed by atoms with Crippen molar-refractivity contribution in [1.29, 1.82) is 0 Å². The first kappa shape index (κ1) is 10.3. The molecular formula is C12H10N2O2S. The first-order chi connectivity index (χ1) is 8.11. The largest absolute Gasteiger partial charge is 0.322 e. The summed E-state index contributed by atoms with van der Waals surface area (Å²) < 4.78 is 1.11. The van der Waals surface area contributed by atoms with Crippen LogP contribution in [0, 0.1) is 0 Å². The van der Waals surface area contributed by atoms with Crippen LogP contribution in [-0.2, 0) is 10.3 Å². The van der Waals surface area contributed by atoms with Crippen molar-refractivity contribution in [3.63, 3.8) is 0 Å². The normalized spacial score (nSPS) is 23.8. The van der Waals surface area contributed by atoms with Crippen LogP contribution in [0.2, 0.25) is 0 Å². The molecule has 2 N–H and O–H groups in total.